The lowest BCUT2D eigenvalue weighted by molar-refractivity contribution is -0.175. The molecule has 0 spiro atoms. The number of carbonyl (C=O) groups is 2. The minimum atomic E-state index is -0.841. The summed E-state index contributed by atoms with van der Waals surface area (Å²) in [5.74, 6) is 1.14. The largest absolute Gasteiger partial charge is 0.496 e. The normalized spacial score (nSPS) is 26.1. The molecule has 12 nitrogen and oxygen atoms in total. The van der Waals surface area contributed by atoms with Crippen molar-refractivity contribution in [3.8, 4) is 16.9 Å². The average molecular weight is 799 g/mol. The van der Waals surface area contributed by atoms with Crippen LogP contribution in [0.2, 0.25) is 0 Å². The Morgan fingerprint density at radius 1 is 1.07 bits per heavy atom. The first kappa shape index (κ1) is 43.5. The van der Waals surface area contributed by atoms with Crippen LogP contribution in [0.25, 0.3) is 11.1 Å². The number of amides is 2. The fourth-order valence-electron chi connectivity index (χ4n) is 10.0. The molecule has 3 aromatic rings. The minimum absolute atomic E-state index is 0.0506. The number of aliphatic hydroxyl groups is 2. The van der Waals surface area contributed by atoms with Crippen molar-refractivity contribution >= 4 is 17.5 Å². The van der Waals surface area contributed by atoms with E-state index in [-0.39, 0.29) is 49.0 Å². The molecule has 0 radical (unpaired) electrons. The van der Waals surface area contributed by atoms with E-state index >= 15 is 0 Å². The van der Waals surface area contributed by atoms with Gasteiger partial charge in [0, 0.05) is 67.1 Å². The van der Waals surface area contributed by atoms with Gasteiger partial charge in [0.2, 0.25) is 5.91 Å². The first-order chi connectivity index (χ1) is 27.7. The molecule has 1 heterocycles. The molecule has 1 saturated heterocycles. The molecule has 4 aliphatic rings. The zero-order valence-corrected chi connectivity index (χ0v) is 35.7. The number of fused-ring (bicyclic) bond motifs is 2. The fraction of sp³-hybridized carbons (Fsp3) is 0.565. The van der Waals surface area contributed by atoms with Crippen LogP contribution in [0.5, 0.6) is 5.75 Å². The van der Waals surface area contributed by atoms with Crippen molar-refractivity contribution in [1.29, 1.82) is 0 Å². The van der Waals surface area contributed by atoms with Crippen molar-refractivity contribution < 1.29 is 29.4 Å². The molecule has 58 heavy (non-hydrogen) atoms. The smallest absolute Gasteiger partial charge is 0.251 e. The van der Waals surface area contributed by atoms with Gasteiger partial charge in [0.05, 0.1) is 32.5 Å². The van der Waals surface area contributed by atoms with E-state index in [0.29, 0.717) is 48.6 Å². The van der Waals surface area contributed by atoms with Gasteiger partial charge in [-0.2, -0.15) is 5.06 Å². The van der Waals surface area contributed by atoms with Crippen LogP contribution in [0.15, 0.2) is 66.7 Å². The first-order valence-corrected chi connectivity index (χ1v) is 20.9. The van der Waals surface area contributed by atoms with Crippen molar-refractivity contribution in [2.45, 2.75) is 83.8 Å². The number of methoxy groups -OCH3 is 1. The van der Waals surface area contributed by atoms with Crippen LogP contribution in [-0.2, 0) is 22.6 Å². The Hall–Kier alpha value is -4.04. The van der Waals surface area contributed by atoms with Gasteiger partial charge in [-0.3, -0.25) is 14.4 Å². The second kappa shape index (κ2) is 18.5. The fourth-order valence-corrected chi connectivity index (χ4v) is 10.0. The molecular weight excluding hydrogens is 733 g/mol. The Morgan fingerprint density at radius 3 is 2.43 bits per heavy atom. The predicted molar refractivity (Wildman–Crippen MR) is 228 cm³/mol. The van der Waals surface area contributed by atoms with E-state index in [0.717, 1.165) is 34.4 Å². The molecule has 3 aliphatic carbocycles. The van der Waals surface area contributed by atoms with Gasteiger partial charge in [0.1, 0.15) is 11.8 Å². The molecule has 3 saturated carbocycles. The van der Waals surface area contributed by atoms with Crippen molar-refractivity contribution in [3.63, 3.8) is 0 Å². The van der Waals surface area contributed by atoms with Gasteiger partial charge in [-0.25, -0.2) is 0 Å². The number of carbonyl (C=O) groups excluding carboxylic acids is 2. The molecule has 0 aromatic heterocycles. The molecule has 7 rings (SSSR count). The number of para-hydroxylation sites is 1. The standard InChI is InChI=1S/C46H66N6O6/c1-28-38-23-34(46(38,3)4)24-39(28)49-45(56)42-41(29(2)54)40(25-47)58-52(42)26-31-15-12-16-37(43(31)57-8)32-20-33(22-36(21-32)51(7)17-18-53)44(55)48-35(27-50(5)6)19-30-13-10-9-11-14-30/h9-16,20-22,28-29,34-35,38-42,53-54H,17-19,23-27,47H2,1-8H3,(H,48,55)(H,49,56)/t28-,29-,34-,35-,38+,39-,40-,41+,42-/m0/s1. The Bertz CT molecular complexity index is 1870. The van der Waals surface area contributed by atoms with Crippen LogP contribution in [0.1, 0.15) is 62.0 Å². The van der Waals surface area contributed by atoms with Crippen LogP contribution < -0.4 is 26.0 Å². The molecule has 4 fully saturated rings. The third-order valence-electron chi connectivity index (χ3n) is 13.4. The van der Waals surface area contributed by atoms with Gasteiger partial charge in [-0.15, -0.1) is 0 Å². The Labute approximate surface area is 345 Å². The summed E-state index contributed by atoms with van der Waals surface area (Å²) < 4.78 is 6.14. The number of nitrogens with two attached hydrogens (primary N) is 1. The average Bonchev–Trinajstić information content (AvgIpc) is 3.57. The summed E-state index contributed by atoms with van der Waals surface area (Å²) in [5, 5.41) is 29.2. The molecule has 3 aromatic carbocycles. The molecule has 2 amide bonds. The molecule has 12 heteroatoms. The number of benzene rings is 3. The second-order valence-corrected chi connectivity index (χ2v) is 17.8. The molecule has 1 aliphatic heterocycles. The van der Waals surface area contributed by atoms with E-state index in [4.69, 9.17) is 15.3 Å². The monoisotopic (exact) mass is 799 g/mol. The number of aliphatic hydroxyl groups excluding tert-OH is 2. The zero-order valence-electron chi connectivity index (χ0n) is 35.7. The summed E-state index contributed by atoms with van der Waals surface area (Å²) in [7, 11) is 7.48. The van der Waals surface area contributed by atoms with E-state index in [9.17, 15) is 19.8 Å². The van der Waals surface area contributed by atoms with E-state index in [1.54, 1.807) is 19.1 Å². The van der Waals surface area contributed by atoms with E-state index < -0.39 is 24.2 Å². The van der Waals surface area contributed by atoms with Crippen LogP contribution in [-0.4, -0.2) is 117 Å². The highest BCUT2D eigenvalue weighted by molar-refractivity contribution is 5.97. The van der Waals surface area contributed by atoms with E-state index in [2.05, 4.69) is 48.4 Å². The van der Waals surface area contributed by atoms with Gasteiger partial charge in [-0.05, 0) is 92.8 Å². The van der Waals surface area contributed by atoms with Crippen LogP contribution in [0.3, 0.4) is 0 Å². The molecular formula is C46H66N6O6. The van der Waals surface area contributed by atoms with Crippen LogP contribution >= 0.6 is 0 Å². The second-order valence-electron chi connectivity index (χ2n) is 17.8. The lowest BCUT2D eigenvalue weighted by atomic mass is 9.45. The lowest BCUT2D eigenvalue weighted by Crippen LogP contribution is -2.62. The summed E-state index contributed by atoms with van der Waals surface area (Å²) in [6.07, 6.45) is 1.43. The Kier molecular flexibility index (Phi) is 13.9. The number of ether oxygens (including phenoxy) is 1. The zero-order chi connectivity index (χ0) is 41.9. The highest BCUT2D eigenvalue weighted by Gasteiger charge is 2.57. The van der Waals surface area contributed by atoms with Crippen molar-refractivity contribution in [2.75, 3.05) is 59.4 Å². The quantitative estimate of drug-likeness (QED) is 0.134. The van der Waals surface area contributed by atoms with Gasteiger partial charge >= 0.3 is 0 Å². The van der Waals surface area contributed by atoms with Crippen molar-refractivity contribution in [1.82, 2.24) is 20.6 Å². The number of nitrogens with zero attached hydrogens (tertiary/aromatic N) is 3. The van der Waals surface area contributed by atoms with Crippen molar-refractivity contribution in [2.24, 2.45) is 34.8 Å². The third-order valence-corrected chi connectivity index (χ3v) is 13.4. The topological polar surface area (TPSA) is 153 Å². The highest BCUT2D eigenvalue weighted by Crippen LogP contribution is 2.61. The number of likely N-dealkylation sites (N-methyl/N-ethyl adjacent to an activating group) is 2. The summed E-state index contributed by atoms with van der Waals surface area (Å²) in [6.45, 7) is 9.95. The van der Waals surface area contributed by atoms with Gasteiger partial charge in [0.15, 0.2) is 0 Å². The van der Waals surface area contributed by atoms with Crippen LogP contribution in [0, 0.1) is 29.1 Å². The maximum atomic E-state index is 14.4. The molecule has 0 unspecified atom stereocenters. The molecule has 2 bridgehead atoms. The molecule has 9 atom stereocenters. The molecule has 316 valence electrons. The molecule has 6 N–H and O–H groups in total. The summed E-state index contributed by atoms with van der Waals surface area (Å²) in [5.41, 5.74) is 11.1. The summed E-state index contributed by atoms with van der Waals surface area (Å²) >= 11 is 0. The van der Waals surface area contributed by atoms with E-state index in [1.165, 1.54) is 6.42 Å². The van der Waals surface area contributed by atoms with Crippen LogP contribution in [0.4, 0.5) is 5.69 Å². The summed E-state index contributed by atoms with van der Waals surface area (Å²) in [6, 6.07) is 20.8. The third kappa shape index (κ3) is 9.22. The number of rotatable bonds is 17. The maximum Gasteiger partial charge on any atom is 0.251 e. The Balaban J connectivity index is 1.30. The number of hydrogen-bond acceptors (Lipinski definition) is 10. The first-order valence-electron chi connectivity index (χ1n) is 20.9. The SMILES string of the molecule is COc1c(CN2O[C@@H](CN)[C@@H]([C@H](C)O)[C@H]2C(=O)N[C@H]2C[C@@H]3C[C@H]([C@@H]2C)C3(C)C)cccc1-c1cc(C(=O)N[C@@H](Cc2ccccc2)CN(C)C)cc(N(C)CCO)c1. The number of nitrogens with one attached hydrogen (secondary N) is 2. The Morgan fingerprint density at radius 2 is 1.81 bits per heavy atom. The maximum absolute atomic E-state index is 14.4. The van der Waals surface area contributed by atoms with Gasteiger partial charge in [-0.1, -0.05) is 69.3 Å². The van der Waals surface area contributed by atoms with Gasteiger partial charge < -0.3 is 41.1 Å². The van der Waals surface area contributed by atoms with E-state index in [1.807, 2.05) is 80.6 Å². The highest BCUT2D eigenvalue weighted by atomic mass is 16.7. The predicted octanol–water partition coefficient (Wildman–Crippen LogP) is 4.32. The number of anilines is 1. The summed E-state index contributed by atoms with van der Waals surface area (Å²) in [4.78, 5) is 38.9. The minimum Gasteiger partial charge on any atom is -0.496 e. The lowest BCUT2D eigenvalue weighted by Gasteiger charge is -2.62. The number of hydroxylamine groups is 2. The van der Waals surface area contributed by atoms with Gasteiger partial charge in [0.25, 0.3) is 5.91 Å². The number of hydrogen-bond donors (Lipinski definition) is 5. The van der Waals surface area contributed by atoms with Crippen molar-refractivity contribution in [3.05, 3.63) is 83.4 Å².